The average molecular weight is 310 g/mol. The van der Waals surface area contributed by atoms with Gasteiger partial charge in [-0.1, -0.05) is 60.7 Å². The van der Waals surface area contributed by atoms with Crippen LogP contribution >= 0.6 is 0 Å². The quantitative estimate of drug-likeness (QED) is 0.748. The Kier molecular flexibility index (Phi) is 7.34. The second-order valence-electron chi connectivity index (χ2n) is 5.83. The number of nitrogens with one attached hydrogen (secondary N) is 1. The van der Waals surface area contributed by atoms with Crippen LogP contribution in [0, 0.1) is 5.92 Å². The summed E-state index contributed by atoms with van der Waals surface area (Å²) in [4.78, 5) is 12.4. The van der Waals surface area contributed by atoms with Crippen LogP contribution < -0.4 is 11.1 Å². The number of benzene rings is 2. The van der Waals surface area contributed by atoms with Crippen molar-refractivity contribution in [2.75, 3.05) is 13.1 Å². The molecule has 2 aromatic rings. The third kappa shape index (κ3) is 6.25. The smallest absolute Gasteiger partial charge is 0.223 e. The van der Waals surface area contributed by atoms with E-state index in [1.54, 1.807) is 0 Å². The molecule has 3 heteroatoms. The molecule has 1 amide bonds. The molecule has 2 aromatic carbocycles. The lowest BCUT2D eigenvalue weighted by Crippen LogP contribution is -2.34. The lowest BCUT2D eigenvalue weighted by atomic mass is 9.92. The maximum absolute atomic E-state index is 12.4. The van der Waals surface area contributed by atoms with E-state index in [2.05, 4.69) is 29.6 Å². The Labute approximate surface area is 138 Å². The Balaban J connectivity index is 1.92. The lowest BCUT2D eigenvalue weighted by molar-refractivity contribution is -0.125. The van der Waals surface area contributed by atoms with Gasteiger partial charge < -0.3 is 11.1 Å². The summed E-state index contributed by atoms with van der Waals surface area (Å²) in [5.41, 5.74) is 8.05. The van der Waals surface area contributed by atoms with Crippen molar-refractivity contribution in [2.45, 2.75) is 25.7 Å². The topological polar surface area (TPSA) is 55.1 Å². The molecule has 0 bridgehead atoms. The van der Waals surface area contributed by atoms with Gasteiger partial charge in [-0.05, 0) is 36.8 Å². The Hall–Kier alpha value is -2.13. The number of hydrogen-bond donors (Lipinski definition) is 2. The fraction of sp³-hybridized carbons (Fsp3) is 0.350. The summed E-state index contributed by atoms with van der Waals surface area (Å²) in [6.07, 6.45) is 3.59. The van der Waals surface area contributed by atoms with Gasteiger partial charge in [0.05, 0.1) is 0 Å². The number of hydrogen-bond acceptors (Lipinski definition) is 2. The third-order valence-corrected chi connectivity index (χ3v) is 4.06. The predicted octanol–water partition coefficient (Wildman–Crippen LogP) is 2.94. The van der Waals surface area contributed by atoms with Crippen molar-refractivity contribution in [3.05, 3.63) is 71.8 Å². The standard InChI is InChI=1S/C20H26N2O/c21-15-16-22-20(23)19(13-11-17-7-3-1-4-8-17)14-12-18-9-5-2-6-10-18/h1-10,19H,11-16,21H2,(H,22,23). The minimum absolute atomic E-state index is 0.0296. The van der Waals surface area contributed by atoms with E-state index in [0.717, 1.165) is 25.7 Å². The molecule has 0 aliphatic heterocycles. The highest BCUT2D eigenvalue weighted by atomic mass is 16.1. The van der Waals surface area contributed by atoms with Crippen LogP contribution in [0.3, 0.4) is 0 Å². The molecule has 23 heavy (non-hydrogen) atoms. The molecular weight excluding hydrogens is 284 g/mol. The summed E-state index contributed by atoms with van der Waals surface area (Å²) >= 11 is 0. The Morgan fingerprint density at radius 1 is 0.870 bits per heavy atom. The van der Waals surface area contributed by atoms with Gasteiger partial charge >= 0.3 is 0 Å². The molecule has 0 fully saturated rings. The van der Waals surface area contributed by atoms with E-state index in [0.29, 0.717) is 13.1 Å². The van der Waals surface area contributed by atoms with Gasteiger partial charge in [0.25, 0.3) is 0 Å². The fourth-order valence-corrected chi connectivity index (χ4v) is 2.72. The van der Waals surface area contributed by atoms with Crippen LogP contribution in [0.25, 0.3) is 0 Å². The number of amides is 1. The molecule has 0 heterocycles. The van der Waals surface area contributed by atoms with Gasteiger partial charge in [0.2, 0.25) is 5.91 Å². The molecule has 0 atom stereocenters. The average Bonchev–Trinajstić information content (AvgIpc) is 2.61. The van der Waals surface area contributed by atoms with Crippen LogP contribution in [0.2, 0.25) is 0 Å². The molecule has 0 unspecified atom stereocenters. The van der Waals surface area contributed by atoms with Crippen molar-refractivity contribution in [3.8, 4) is 0 Å². The van der Waals surface area contributed by atoms with E-state index in [-0.39, 0.29) is 11.8 Å². The first-order chi connectivity index (χ1) is 11.3. The van der Waals surface area contributed by atoms with E-state index < -0.39 is 0 Å². The zero-order chi connectivity index (χ0) is 16.3. The highest BCUT2D eigenvalue weighted by molar-refractivity contribution is 5.78. The van der Waals surface area contributed by atoms with Crippen molar-refractivity contribution < 1.29 is 4.79 Å². The van der Waals surface area contributed by atoms with Crippen LogP contribution in [0.5, 0.6) is 0 Å². The third-order valence-electron chi connectivity index (χ3n) is 4.06. The monoisotopic (exact) mass is 310 g/mol. The van der Waals surface area contributed by atoms with Crippen molar-refractivity contribution in [1.82, 2.24) is 5.32 Å². The molecule has 0 spiro atoms. The number of aryl methyl sites for hydroxylation is 2. The maximum atomic E-state index is 12.4. The van der Waals surface area contributed by atoms with E-state index in [9.17, 15) is 4.79 Å². The van der Waals surface area contributed by atoms with Crippen molar-refractivity contribution >= 4 is 5.91 Å². The first kappa shape index (κ1) is 17.2. The van der Waals surface area contributed by atoms with Crippen LogP contribution in [-0.2, 0) is 17.6 Å². The predicted molar refractivity (Wildman–Crippen MR) is 95.1 cm³/mol. The highest BCUT2D eigenvalue weighted by Gasteiger charge is 2.17. The van der Waals surface area contributed by atoms with Crippen LogP contribution in [-0.4, -0.2) is 19.0 Å². The highest BCUT2D eigenvalue weighted by Crippen LogP contribution is 2.17. The van der Waals surface area contributed by atoms with E-state index >= 15 is 0 Å². The Bertz CT molecular complexity index is 525. The second-order valence-corrected chi connectivity index (χ2v) is 5.83. The number of carbonyl (C=O) groups excluding carboxylic acids is 1. The van der Waals surface area contributed by atoms with Gasteiger partial charge in [-0.15, -0.1) is 0 Å². The lowest BCUT2D eigenvalue weighted by Gasteiger charge is -2.17. The van der Waals surface area contributed by atoms with Crippen molar-refractivity contribution in [2.24, 2.45) is 11.7 Å². The Morgan fingerprint density at radius 2 is 1.35 bits per heavy atom. The molecule has 0 saturated heterocycles. The van der Waals surface area contributed by atoms with Gasteiger partial charge in [0.15, 0.2) is 0 Å². The van der Waals surface area contributed by atoms with Gasteiger partial charge in [0.1, 0.15) is 0 Å². The Morgan fingerprint density at radius 3 is 1.78 bits per heavy atom. The van der Waals surface area contributed by atoms with Crippen LogP contribution in [0.15, 0.2) is 60.7 Å². The minimum Gasteiger partial charge on any atom is -0.355 e. The summed E-state index contributed by atoms with van der Waals surface area (Å²) in [7, 11) is 0. The molecule has 0 saturated carbocycles. The van der Waals surface area contributed by atoms with E-state index in [1.807, 2.05) is 36.4 Å². The minimum atomic E-state index is 0.0296. The zero-order valence-corrected chi connectivity index (χ0v) is 13.6. The van der Waals surface area contributed by atoms with Crippen molar-refractivity contribution in [3.63, 3.8) is 0 Å². The number of rotatable bonds is 9. The molecule has 122 valence electrons. The van der Waals surface area contributed by atoms with E-state index in [4.69, 9.17) is 5.73 Å². The summed E-state index contributed by atoms with van der Waals surface area (Å²) in [5, 5.41) is 2.94. The largest absolute Gasteiger partial charge is 0.355 e. The normalized spacial score (nSPS) is 10.7. The molecule has 0 radical (unpaired) electrons. The molecular formula is C20H26N2O. The van der Waals surface area contributed by atoms with Crippen molar-refractivity contribution in [1.29, 1.82) is 0 Å². The molecule has 3 N–H and O–H groups in total. The summed E-state index contributed by atoms with van der Waals surface area (Å²) in [6, 6.07) is 20.7. The molecule has 0 aromatic heterocycles. The van der Waals surface area contributed by atoms with Gasteiger partial charge in [0, 0.05) is 19.0 Å². The first-order valence-corrected chi connectivity index (χ1v) is 8.35. The second kappa shape index (κ2) is 9.80. The first-order valence-electron chi connectivity index (χ1n) is 8.35. The van der Waals surface area contributed by atoms with Gasteiger partial charge in [-0.25, -0.2) is 0 Å². The summed E-state index contributed by atoms with van der Waals surface area (Å²) < 4.78 is 0. The number of nitrogens with two attached hydrogens (primary N) is 1. The summed E-state index contributed by atoms with van der Waals surface area (Å²) in [6.45, 7) is 1.03. The van der Waals surface area contributed by atoms with Crippen LogP contribution in [0.1, 0.15) is 24.0 Å². The summed E-state index contributed by atoms with van der Waals surface area (Å²) in [5.74, 6) is 0.157. The van der Waals surface area contributed by atoms with Gasteiger partial charge in [-0.2, -0.15) is 0 Å². The van der Waals surface area contributed by atoms with E-state index in [1.165, 1.54) is 11.1 Å². The SMILES string of the molecule is NCCNC(=O)C(CCc1ccccc1)CCc1ccccc1. The molecule has 2 rings (SSSR count). The maximum Gasteiger partial charge on any atom is 0.223 e. The molecule has 0 aliphatic carbocycles. The van der Waals surface area contributed by atoms with Crippen LogP contribution in [0.4, 0.5) is 0 Å². The fourth-order valence-electron chi connectivity index (χ4n) is 2.72. The van der Waals surface area contributed by atoms with Gasteiger partial charge in [-0.3, -0.25) is 4.79 Å². The number of carbonyl (C=O) groups is 1. The molecule has 0 aliphatic rings. The zero-order valence-electron chi connectivity index (χ0n) is 13.6. The molecule has 3 nitrogen and oxygen atoms in total.